The molecule has 0 aliphatic rings. The Morgan fingerprint density at radius 2 is 0.766 bits per heavy atom. The van der Waals surface area contributed by atoms with Crippen LogP contribution in [0.2, 0.25) is 0 Å². The number of fused-ring (bicyclic) bond motifs is 4. The average Bonchev–Trinajstić information content (AvgIpc) is 3.47. The normalized spacial score (nSPS) is 11.4. The fraction of sp³-hybridized carbons (Fsp3) is 0. The van der Waals surface area contributed by atoms with Gasteiger partial charge >= 0.3 is 0 Å². The maximum absolute atomic E-state index is 4.94. The first kappa shape index (κ1) is 27.0. The lowest BCUT2D eigenvalue weighted by Crippen LogP contribution is -2.00. The van der Waals surface area contributed by atoms with Crippen molar-refractivity contribution in [3.63, 3.8) is 0 Å². The van der Waals surface area contributed by atoms with Gasteiger partial charge in [-0.05, 0) is 64.4 Å². The molecule has 0 bridgehead atoms. The van der Waals surface area contributed by atoms with Gasteiger partial charge in [0.05, 0.1) is 11.0 Å². The van der Waals surface area contributed by atoms with Crippen LogP contribution in [0, 0.1) is 0 Å². The van der Waals surface area contributed by atoms with Crippen molar-refractivity contribution in [1.82, 2.24) is 19.5 Å². The minimum Gasteiger partial charge on any atom is -0.309 e. The van der Waals surface area contributed by atoms with Crippen LogP contribution in [0.25, 0.3) is 83.6 Å². The molecule has 47 heavy (non-hydrogen) atoms. The predicted molar refractivity (Wildman–Crippen MR) is 193 cm³/mol. The number of benzene rings is 7. The molecule has 2 heterocycles. The van der Waals surface area contributed by atoms with Crippen LogP contribution in [-0.4, -0.2) is 19.5 Å². The van der Waals surface area contributed by atoms with Gasteiger partial charge in [-0.3, -0.25) is 0 Å². The van der Waals surface area contributed by atoms with Crippen molar-refractivity contribution in [1.29, 1.82) is 0 Å². The molecule has 9 aromatic rings. The van der Waals surface area contributed by atoms with Crippen LogP contribution >= 0.6 is 0 Å². The van der Waals surface area contributed by atoms with Crippen molar-refractivity contribution in [2.45, 2.75) is 0 Å². The van der Waals surface area contributed by atoms with E-state index >= 15 is 0 Å². The Bertz CT molecular complexity index is 2480. The monoisotopic (exact) mass is 600 g/mol. The third kappa shape index (κ3) is 4.84. The highest BCUT2D eigenvalue weighted by Crippen LogP contribution is 2.37. The minimum absolute atomic E-state index is 0.642. The van der Waals surface area contributed by atoms with Crippen molar-refractivity contribution in [2.24, 2.45) is 0 Å². The maximum atomic E-state index is 4.94. The van der Waals surface area contributed by atoms with Gasteiger partial charge in [-0.2, -0.15) is 0 Å². The molecule has 0 radical (unpaired) electrons. The van der Waals surface area contributed by atoms with E-state index in [1.807, 2.05) is 60.7 Å². The molecule has 0 N–H and O–H groups in total. The molecule has 2 aromatic heterocycles. The van der Waals surface area contributed by atoms with Crippen LogP contribution in [0.5, 0.6) is 0 Å². The van der Waals surface area contributed by atoms with Gasteiger partial charge < -0.3 is 4.57 Å². The molecule has 0 spiro atoms. The number of rotatable bonds is 5. The molecule has 9 rings (SSSR count). The summed E-state index contributed by atoms with van der Waals surface area (Å²) in [7, 11) is 0. The van der Waals surface area contributed by atoms with E-state index in [0.29, 0.717) is 17.5 Å². The molecule has 0 saturated heterocycles. The largest absolute Gasteiger partial charge is 0.309 e. The second kappa shape index (κ2) is 11.2. The number of hydrogen-bond donors (Lipinski definition) is 0. The summed E-state index contributed by atoms with van der Waals surface area (Å²) in [5.74, 6) is 1.95. The van der Waals surface area contributed by atoms with Gasteiger partial charge in [-0.15, -0.1) is 0 Å². The third-order valence-electron chi connectivity index (χ3n) is 8.82. The topological polar surface area (TPSA) is 43.6 Å². The second-order valence-corrected chi connectivity index (χ2v) is 11.7. The predicted octanol–water partition coefficient (Wildman–Crippen LogP) is 10.8. The van der Waals surface area contributed by atoms with Crippen LogP contribution in [0.1, 0.15) is 0 Å². The van der Waals surface area contributed by atoms with Gasteiger partial charge in [0.2, 0.25) is 0 Å². The Kier molecular flexibility index (Phi) is 6.43. The van der Waals surface area contributed by atoms with Crippen LogP contribution in [0.15, 0.2) is 170 Å². The quantitative estimate of drug-likeness (QED) is 0.197. The van der Waals surface area contributed by atoms with E-state index in [9.17, 15) is 0 Å². The smallest absolute Gasteiger partial charge is 0.164 e. The summed E-state index contributed by atoms with van der Waals surface area (Å²) in [5, 5.41) is 4.92. The summed E-state index contributed by atoms with van der Waals surface area (Å²) in [4.78, 5) is 14.7. The van der Waals surface area contributed by atoms with Crippen LogP contribution in [-0.2, 0) is 0 Å². The van der Waals surface area contributed by atoms with Gasteiger partial charge in [0.25, 0.3) is 0 Å². The lowest BCUT2D eigenvalue weighted by Gasteiger charge is -2.11. The maximum Gasteiger partial charge on any atom is 0.164 e. The lowest BCUT2D eigenvalue weighted by molar-refractivity contribution is 1.07. The molecule has 4 nitrogen and oxygen atoms in total. The molecule has 0 atom stereocenters. The molecule has 0 fully saturated rings. The number of aromatic nitrogens is 4. The van der Waals surface area contributed by atoms with Crippen LogP contribution in [0.4, 0.5) is 0 Å². The van der Waals surface area contributed by atoms with Crippen molar-refractivity contribution in [2.75, 3.05) is 0 Å². The van der Waals surface area contributed by atoms with Gasteiger partial charge in [0.1, 0.15) is 0 Å². The Morgan fingerprint density at radius 1 is 0.319 bits per heavy atom. The molecule has 220 valence electrons. The number of hydrogen-bond acceptors (Lipinski definition) is 3. The van der Waals surface area contributed by atoms with E-state index < -0.39 is 0 Å². The van der Waals surface area contributed by atoms with Crippen LogP contribution in [0.3, 0.4) is 0 Å². The minimum atomic E-state index is 0.642. The van der Waals surface area contributed by atoms with Crippen LogP contribution < -0.4 is 0 Å². The van der Waals surface area contributed by atoms with Gasteiger partial charge in [-0.25, -0.2) is 15.0 Å². The van der Waals surface area contributed by atoms with E-state index in [2.05, 4.69) is 114 Å². The zero-order chi connectivity index (χ0) is 31.2. The summed E-state index contributed by atoms with van der Waals surface area (Å²) in [6.07, 6.45) is 0. The first-order chi connectivity index (χ1) is 23.3. The Balaban J connectivity index is 1.22. The molecule has 0 unspecified atom stereocenters. The molecule has 0 saturated carbocycles. The van der Waals surface area contributed by atoms with Crippen molar-refractivity contribution < 1.29 is 0 Å². The summed E-state index contributed by atoms with van der Waals surface area (Å²) in [6, 6.07) is 59.4. The van der Waals surface area contributed by atoms with Gasteiger partial charge in [0.15, 0.2) is 17.5 Å². The van der Waals surface area contributed by atoms with E-state index in [1.54, 1.807) is 0 Å². The highest BCUT2D eigenvalue weighted by molar-refractivity contribution is 6.14. The van der Waals surface area contributed by atoms with Crippen molar-refractivity contribution in [3.8, 4) is 51.0 Å². The Hall–Kier alpha value is -6.39. The SMILES string of the molecule is c1ccc(-c2ccc3c4cc5ccccc5cc4n(-c4ccc(-c5nc(-c6ccccc6)nc(-c6ccccc6)n5)cc4)c3c2)cc1. The first-order valence-electron chi connectivity index (χ1n) is 15.8. The average molecular weight is 601 g/mol. The first-order valence-corrected chi connectivity index (χ1v) is 15.8. The second-order valence-electron chi connectivity index (χ2n) is 11.7. The van der Waals surface area contributed by atoms with Gasteiger partial charge in [-0.1, -0.05) is 127 Å². The third-order valence-corrected chi connectivity index (χ3v) is 8.82. The molecule has 7 aromatic carbocycles. The molecule has 0 aliphatic carbocycles. The van der Waals surface area contributed by atoms with E-state index in [0.717, 1.165) is 22.4 Å². The van der Waals surface area contributed by atoms with E-state index in [4.69, 9.17) is 15.0 Å². The van der Waals surface area contributed by atoms with E-state index in [-0.39, 0.29) is 0 Å². The van der Waals surface area contributed by atoms with E-state index in [1.165, 1.54) is 43.7 Å². The lowest BCUT2D eigenvalue weighted by atomic mass is 10.0. The Labute approximate surface area is 272 Å². The summed E-state index contributed by atoms with van der Waals surface area (Å²) < 4.78 is 2.38. The fourth-order valence-electron chi connectivity index (χ4n) is 6.49. The standard InChI is InChI=1S/C43H28N4/c1-4-12-29(13-5-1)35-22-25-37-38-26-33-18-10-11-19-34(33)27-40(38)47(39(37)28-35)36-23-20-32(21-24-36)43-45-41(30-14-6-2-7-15-30)44-42(46-43)31-16-8-3-9-17-31/h1-28H. The van der Waals surface area contributed by atoms with Gasteiger partial charge in [0, 0.05) is 33.2 Å². The molecule has 0 amide bonds. The van der Waals surface area contributed by atoms with Crippen molar-refractivity contribution in [3.05, 3.63) is 170 Å². The zero-order valence-electron chi connectivity index (χ0n) is 25.5. The van der Waals surface area contributed by atoms with Crippen molar-refractivity contribution >= 4 is 32.6 Å². The number of nitrogens with zero attached hydrogens (tertiary/aromatic N) is 4. The summed E-state index contributed by atoms with van der Waals surface area (Å²) in [5.41, 5.74) is 8.65. The molecule has 4 heteroatoms. The Morgan fingerprint density at radius 3 is 1.34 bits per heavy atom. The molecule has 0 aliphatic heterocycles. The highest BCUT2D eigenvalue weighted by atomic mass is 15.0. The summed E-state index contributed by atoms with van der Waals surface area (Å²) in [6.45, 7) is 0. The zero-order valence-corrected chi connectivity index (χ0v) is 25.5. The summed E-state index contributed by atoms with van der Waals surface area (Å²) >= 11 is 0. The molecular formula is C43H28N4. The fourth-order valence-corrected chi connectivity index (χ4v) is 6.49. The highest BCUT2D eigenvalue weighted by Gasteiger charge is 2.16. The molecular weight excluding hydrogens is 573 g/mol.